The first-order chi connectivity index (χ1) is 20.7. The van der Waals surface area contributed by atoms with Gasteiger partial charge in [0.05, 0.1) is 11.3 Å². The first-order valence-corrected chi connectivity index (χ1v) is 14.7. The van der Waals surface area contributed by atoms with Crippen molar-refractivity contribution in [3.05, 3.63) is 89.9 Å². The number of hydrogen-bond acceptors (Lipinski definition) is 6. The molecule has 2 saturated heterocycles. The van der Waals surface area contributed by atoms with Gasteiger partial charge in [-0.3, -0.25) is 14.7 Å². The molecule has 10 heteroatoms. The van der Waals surface area contributed by atoms with Gasteiger partial charge in [0, 0.05) is 75.9 Å². The summed E-state index contributed by atoms with van der Waals surface area (Å²) in [4.78, 5) is 24.0. The zero-order valence-electron chi connectivity index (χ0n) is 24.1. The molecule has 0 unspecified atom stereocenters. The number of fused-ring (bicyclic) bond motifs is 1. The highest BCUT2D eigenvalue weighted by Crippen LogP contribution is 2.32. The minimum atomic E-state index is -4.33. The number of amides is 1. The number of likely N-dealkylation sites (tertiary alicyclic amines) is 1. The van der Waals surface area contributed by atoms with Gasteiger partial charge in [0.25, 0.3) is 5.91 Å². The summed E-state index contributed by atoms with van der Waals surface area (Å²) >= 11 is 0. The predicted octanol–water partition coefficient (Wildman–Crippen LogP) is 6.63. The van der Waals surface area contributed by atoms with Crippen LogP contribution in [0.15, 0.2) is 77.3 Å². The van der Waals surface area contributed by atoms with Crippen LogP contribution in [0.3, 0.4) is 0 Å². The van der Waals surface area contributed by atoms with Crippen molar-refractivity contribution in [3.8, 4) is 5.75 Å². The summed E-state index contributed by atoms with van der Waals surface area (Å²) < 4.78 is 50.8. The van der Waals surface area contributed by atoms with E-state index >= 15 is 0 Å². The third-order valence-corrected chi connectivity index (χ3v) is 8.54. The lowest BCUT2D eigenvalue weighted by Gasteiger charge is -2.36. The molecule has 0 spiro atoms. The van der Waals surface area contributed by atoms with Crippen LogP contribution in [0.4, 0.5) is 18.9 Å². The first-order valence-electron chi connectivity index (χ1n) is 14.7. The van der Waals surface area contributed by atoms with E-state index < -0.39 is 11.7 Å². The maximum atomic E-state index is 13.3. The number of ether oxygens (including phenoxy) is 1. The number of pyridine rings is 1. The van der Waals surface area contributed by atoms with E-state index in [1.54, 1.807) is 11.0 Å². The molecule has 1 amide bonds. The van der Waals surface area contributed by atoms with Crippen molar-refractivity contribution in [2.45, 2.75) is 50.6 Å². The highest BCUT2D eigenvalue weighted by Gasteiger charge is 2.31. The van der Waals surface area contributed by atoms with Gasteiger partial charge in [-0.05, 0) is 73.5 Å². The Labute approximate surface area is 248 Å². The number of nitrogens with zero attached hydrogens (tertiary/aromatic N) is 4. The Hall–Kier alpha value is -4.05. The van der Waals surface area contributed by atoms with Gasteiger partial charge < -0.3 is 19.0 Å². The largest absolute Gasteiger partial charge is 0.490 e. The zero-order chi connectivity index (χ0) is 30.0. The second-order valence-electron chi connectivity index (χ2n) is 11.4. The molecule has 2 aromatic heterocycles. The van der Waals surface area contributed by atoms with Gasteiger partial charge in [-0.1, -0.05) is 6.07 Å². The normalized spacial score (nSPS) is 17.3. The molecule has 0 N–H and O–H groups in total. The molecule has 0 saturated carbocycles. The van der Waals surface area contributed by atoms with Crippen LogP contribution >= 0.6 is 0 Å². The van der Waals surface area contributed by atoms with E-state index in [1.807, 2.05) is 49.6 Å². The van der Waals surface area contributed by atoms with Gasteiger partial charge in [0.15, 0.2) is 5.76 Å². The summed E-state index contributed by atoms with van der Waals surface area (Å²) in [5.74, 6) is 0.891. The fourth-order valence-corrected chi connectivity index (χ4v) is 6.01. The number of rotatable bonds is 7. The third-order valence-electron chi connectivity index (χ3n) is 8.54. The van der Waals surface area contributed by atoms with Gasteiger partial charge >= 0.3 is 6.18 Å². The molecular weight excluding hydrogens is 557 g/mol. The average molecular weight is 593 g/mol. The molecule has 2 fully saturated rings. The second kappa shape index (κ2) is 12.3. The van der Waals surface area contributed by atoms with Gasteiger partial charge in [0.2, 0.25) is 0 Å². The molecule has 2 aromatic carbocycles. The van der Waals surface area contributed by atoms with Crippen molar-refractivity contribution >= 4 is 22.6 Å². The minimum absolute atomic E-state index is 0.00850. The maximum Gasteiger partial charge on any atom is 0.416 e. The maximum absolute atomic E-state index is 13.3. The second-order valence-corrected chi connectivity index (χ2v) is 11.4. The Morgan fingerprint density at radius 2 is 1.72 bits per heavy atom. The minimum Gasteiger partial charge on any atom is -0.490 e. The van der Waals surface area contributed by atoms with E-state index in [0.717, 1.165) is 74.2 Å². The highest BCUT2D eigenvalue weighted by atomic mass is 19.4. The monoisotopic (exact) mass is 592 g/mol. The van der Waals surface area contributed by atoms with Crippen LogP contribution < -0.4 is 9.64 Å². The predicted molar refractivity (Wildman–Crippen MR) is 158 cm³/mol. The Morgan fingerprint density at radius 3 is 2.40 bits per heavy atom. The van der Waals surface area contributed by atoms with Crippen LogP contribution in [0.2, 0.25) is 0 Å². The van der Waals surface area contributed by atoms with Crippen LogP contribution in [0.5, 0.6) is 5.75 Å². The van der Waals surface area contributed by atoms with Crippen molar-refractivity contribution in [1.82, 2.24) is 14.8 Å². The molecule has 0 aliphatic carbocycles. The van der Waals surface area contributed by atoms with Gasteiger partial charge in [-0.2, -0.15) is 13.2 Å². The number of halogens is 3. The standard InChI is InChI=1S/C33H35F3N4O3/c1-38(26-11-16-39(17-12-26)22-25-4-2-3-15-37-25)32(41)31-21-23-20-29(9-10-30(23)43-31)42-28-13-18-40(19-14-28)27-7-5-24(6-8-27)33(34,35)36/h2-10,15,20-21,26,28H,11-14,16-19,22H2,1H3. The van der Waals surface area contributed by atoms with Crippen LogP contribution in [0.1, 0.15) is 47.5 Å². The SMILES string of the molecule is CN(C(=O)c1cc2cc(OC3CCN(c4ccc(C(F)(F)F)cc4)CC3)ccc2o1)C1CCN(Cc2ccccn2)CC1. The summed E-state index contributed by atoms with van der Waals surface area (Å²) in [5.41, 5.74) is 1.83. The molecule has 226 valence electrons. The van der Waals surface area contributed by atoms with E-state index in [-0.39, 0.29) is 18.1 Å². The van der Waals surface area contributed by atoms with Gasteiger partial charge in [-0.15, -0.1) is 0 Å². The number of benzene rings is 2. The molecule has 2 aliphatic heterocycles. The molecule has 6 rings (SSSR count). The fourth-order valence-electron chi connectivity index (χ4n) is 6.01. The van der Waals surface area contributed by atoms with Gasteiger partial charge in [-0.25, -0.2) is 0 Å². The average Bonchev–Trinajstić information content (AvgIpc) is 3.45. The Morgan fingerprint density at radius 1 is 0.977 bits per heavy atom. The Bertz CT molecular complexity index is 1520. The number of piperidine rings is 2. The van der Waals surface area contributed by atoms with Crippen molar-refractivity contribution in [1.29, 1.82) is 0 Å². The van der Waals surface area contributed by atoms with Crippen molar-refractivity contribution in [3.63, 3.8) is 0 Å². The molecule has 2 aliphatic rings. The molecule has 0 atom stereocenters. The number of alkyl halides is 3. The molecule has 43 heavy (non-hydrogen) atoms. The smallest absolute Gasteiger partial charge is 0.416 e. The molecule has 0 bridgehead atoms. The highest BCUT2D eigenvalue weighted by molar-refractivity contribution is 5.96. The number of anilines is 1. The quantitative estimate of drug-likeness (QED) is 0.240. The lowest BCUT2D eigenvalue weighted by Crippen LogP contribution is -2.45. The number of carbonyl (C=O) groups excluding carboxylic acids is 1. The summed E-state index contributed by atoms with van der Waals surface area (Å²) in [6.45, 7) is 4.01. The lowest BCUT2D eigenvalue weighted by molar-refractivity contribution is -0.137. The number of hydrogen-bond donors (Lipinski definition) is 0. The van der Waals surface area contributed by atoms with Crippen molar-refractivity contribution in [2.24, 2.45) is 0 Å². The van der Waals surface area contributed by atoms with Crippen molar-refractivity contribution < 1.29 is 27.1 Å². The number of furan rings is 1. The Balaban J connectivity index is 1.01. The molecule has 0 radical (unpaired) electrons. The fraction of sp³-hybridized carbons (Fsp3) is 0.394. The molecular formula is C33H35F3N4O3. The third kappa shape index (κ3) is 6.80. The molecule has 4 aromatic rings. The van der Waals surface area contributed by atoms with Crippen molar-refractivity contribution in [2.75, 3.05) is 38.1 Å². The summed E-state index contributed by atoms with van der Waals surface area (Å²) in [7, 11) is 1.85. The lowest BCUT2D eigenvalue weighted by atomic mass is 10.0. The first kappa shape index (κ1) is 29.0. The molecule has 7 nitrogen and oxygen atoms in total. The van der Waals surface area contributed by atoms with E-state index in [4.69, 9.17) is 9.15 Å². The number of aromatic nitrogens is 1. The van der Waals surface area contributed by atoms with Crippen LogP contribution in [0.25, 0.3) is 11.0 Å². The van der Waals surface area contributed by atoms with Crippen LogP contribution in [-0.2, 0) is 12.7 Å². The van der Waals surface area contributed by atoms with E-state index in [2.05, 4.69) is 14.8 Å². The summed E-state index contributed by atoms with van der Waals surface area (Å²) in [5, 5.41) is 0.807. The summed E-state index contributed by atoms with van der Waals surface area (Å²) in [6, 6.07) is 18.8. The molecule has 4 heterocycles. The van der Waals surface area contributed by atoms with E-state index in [9.17, 15) is 18.0 Å². The van der Waals surface area contributed by atoms with E-state index in [1.165, 1.54) is 12.1 Å². The zero-order valence-corrected chi connectivity index (χ0v) is 24.1. The Kier molecular flexibility index (Phi) is 8.30. The van der Waals surface area contributed by atoms with Crippen LogP contribution in [0, 0.1) is 0 Å². The van der Waals surface area contributed by atoms with E-state index in [0.29, 0.717) is 30.2 Å². The van der Waals surface area contributed by atoms with Crippen LogP contribution in [-0.4, -0.2) is 66.1 Å². The summed E-state index contributed by atoms with van der Waals surface area (Å²) in [6.07, 6.45) is 0.758. The topological polar surface area (TPSA) is 62.1 Å². The number of carbonyl (C=O) groups is 1. The van der Waals surface area contributed by atoms with Gasteiger partial charge in [0.1, 0.15) is 17.4 Å².